The van der Waals surface area contributed by atoms with Crippen LogP contribution in [0.2, 0.25) is 0 Å². The van der Waals surface area contributed by atoms with Gasteiger partial charge in [0.05, 0.1) is 0 Å². The summed E-state index contributed by atoms with van der Waals surface area (Å²) in [7, 11) is 0. The molecular weight excluding hydrogens is 267 g/mol. The van der Waals surface area contributed by atoms with Crippen molar-refractivity contribution in [3.63, 3.8) is 0 Å². The predicted octanol–water partition coefficient (Wildman–Crippen LogP) is 3.66. The van der Waals surface area contributed by atoms with Crippen molar-refractivity contribution in [2.75, 3.05) is 0 Å². The number of aliphatic hydroxyl groups is 1. The Morgan fingerprint density at radius 3 is 2.62 bits per heavy atom. The summed E-state index contributed by atoms with van der Waals surface area (Å²) in [6.07, 6.45) is 8.02. The van der Waals surface area contributed by atoms with E-state index in [1.165, 1.54) is 6.08 Å². The number of alkyl halides is 1. The fourth-order valence-corrected chi connectivity index (χ4v) is 2.58. The molecule has 0 saturated heterocycles. The molecule has 0 bridgehead atoms. The molecule has 1 unspecified atom stereocenters. The number of rotatable bonds is 1. The molecule has 0 heterocycles. The van der Waals surface area contributed by atoms with Gasteiger partial charge in [-0.3, -0.25) is 4.79 Å². The van der Waals surface area contributed by atoms with Crippen molar-refractivity contribution < 1.29 is 14.3 Å². The first kappa shape index (κ1) is 13.5. The topological polar surface area (TPSA) is 37.3 Å². The van der Waals surface area contributed by atoms with E-state index in [-0.39, 0.29) is 11.1 Å². The van der Waals surface area contributed by atoms with Crippen LogP contribution in [-0.4, -0.2) is 11.4 Å². The second-order valence-corrected chi connectivity index (χ2v) is 4.85. The maximum atomic E-state index is 14.9. The molecule has 0 fully saturated rings. The summed E-state index contributed by atoms with van der Waals surface area (Å²) in [5.74, 6) is -2.71. The number of halogens is 1. The number of benzene rings is 2. The highest BCUT2D eigenvalue weighted by atomic mass is 19.2. The molecule has 0 saturated carbocycles. The molecule has 1 aliphatic rings. The van der Waals surface area contributed by atoms with Gasteiger partial charge in [-0.1, -0.05) is 60.7 Å². The molecule has 1 atom stereocenters. The normalized spacial score (nSPS) is 25.9. The van der Waals surface area contributed by atoms with E-state index in [4.69, 9.17) is 0 Å². The van der Waals surface area contributed by atoms with Crippen LogP contribution in [0.5, 0.6) is 0 Å². The van der Waals surface area contributed by atoms with Gasteiger partial charge >= 0.3 is 0 Å². The molecule has 0 spiro atoms. The average molecular weight is 280 g/mol. The lowest BCUT2D eigenvalue weighted by Gasteiger charge is -2.24. The largest absolute Gasteiger partial charge is 0.355 e. The third-order valence-corrected chi connectivity index (χ3v) is 3.61. The number of aldehydes is 1. The van der Waals surface area contributed by atoms with Gasteiger partial charge in [-0.05, 0) is 22.4 Å². The lowest BCUT2D eigenvalue weighted by atomic mass is 9.89. The van der Waals surface area contributed by atoms with E-state index in [1.54, 1.807) is 30.4 Å². The zero-order valence-electron chi connectivity index (χ0n) is 11.2. The van der Waals surface area contributed by atoms with E-state index in [0.717, 1.165) is 16.8 Å². The monoisotopic (exact) mass is 280 g/mol. The van der Waals surface area contributed by atoms with Gasteiger partial charge in [-0.15, -0.1) is 0 Å². The molecule has 0 amide bonds. The Kier molecular flexibility index (Phi) is 3.28. The van der Waals surface area contributed by atoms with E-state index in [9.17, 15) is 14.3 Å². The quantitative estimate of drug-likeness (QED) is 0.639. The molecule has 2 nitrogen and oxygen atoms in total. The van der Waals surface area contributed by atoms with Crippen LogP contribution in [0.25, 0.3) is 16.8 Å². The van der Waals surface area contributed by atoms with E-state index in [2.05, 4.69) is 0 Å². The van der Waals surface area contributed by atoms with Crippen molar-refractivity contribution in [1.29, 1.82) is 0 Å². The Balaban J connectivity index is 2.37. The molecule has 1 aliphatic carbocycles. The van der Waals surface area contributed by atoms with Gasteiger partial charge in [-0.25, -0.2) is 4.39 Å². The molecule has 2 aromatic carbocycles. The molecule has 104 valence electrons. The molecular formula is C18H13FO2. The van der Waals surface area contributed by atoms with Crippen molar-refractivity contribution in [2.45, 2.75) is 5.85 Å². The second-order valence-electron chi connectivity index (χ2n) is 4.85. The molecule has 3 heteroatoms. The number of fused-ring (bicyclic) bond motifs is 3. The van der Waals surface area contributed by atoms with E-state index in [1.807, 2.05) is 24.3 Å². The van der Waals surface area contributed by atoms with Crippen molar-refractivity contribution >= 4 is 23.1 Å². The van der Waals surface area contributed by atoms with Crippen LogP contribution in [-0.2, 0) is 10.6 Å². The van der Waals surface area contributed by atoms with Crippen molar-refractivity contribution in [3.8, 4) is 0 Å². The Hall–Kier alpha value is -2.52. The van der Waals surface area contributed by atoms with E-state index in [0.29, 0.717) is 11.8 Å². The average Bonchev–Trinajstić information content (AvgIpc) is 2.48. The molecule has 2 aromatic rings. The molecule has 3 rings (SSSR count). The molecule has 0 aliphatic heterocycles. The van der Waals surface area contributed by atoms with Gasteiger partial charge in [0.25, 0.3) is 5.85 Å². The summed E-state index contributed by atoms with van der Waals surface area (Å²) in [6, 6.07) is 10.9. The first-order valence-electron chi connectivity index (χ1n) is 6.59. The third-order valence-electron chi connectivity index (χ3n) is 3.61. The maximum Gasteiger partial charge on any atom is 0.260 e. The third kappa shape index (κ3) is 2.22. The van der Waals surface area contributed by atoms with Crippen LogP contribution < -0.4 is 0 Å². The van der Waals surface area contributed by atoms with E-state index < -0.39 is 5.85 Å². The lowest BCUT2D eigenvalue weighted by Crippen LogP contribution is -2.23. The van der Waals surface area contributed by atoms with Gasteiger partial charge in [0.2, 0.25) is 0 Å². The Bertz CT molecular complexity index is 798. The lowest BCUT2D eigenvalue weighted by molar-refractivity contribution is -0.104. The highest BCUT2D eigenvalue weighted by Crippen LogP contribution is 2.38. The zero-order valence-corrected chi connectivity index (χ0v) is 11.2. The Morgan fingerprint density at radius 1 is 1.05 bits per heavy atom. The summed E-state index contributed by atoms with van der Waals surface area (Å²) in [4.78, 5) is 10.7. The smallest absolute Gasteiger partial charge is 0.260 e. The minimum Gasteiger partial charge on any atom is -0.355 e. The summed E-state index contributed by atoms with van der Waals surface area (Å²) in [6.45, 7) is 0. The summed E-state index contributed by atoms with van der Waals surface area (Å²) in [5, 5.41) is 12.1. The number of hydrogen-bond donors (Lipinski definition) is 1. The number of carbonyl (C=O) groups excluding carboxylic acids is 1. The summed E-state index contributed by atoms with van der Waals surface area (Å²) in [5.41, 5.74) is 0.660. The van der Waals surface area contributed by atoms with Gasteiger partial charge in [-0.2, -0.15) is 0 Å². The Labute approximate surface area is 121 Å². The van der Waals surface area contributed by atoms with Gasteiger partial charge < -0.3 is 5.11 Å². The summed E-state index contributed by atoms with van der Waals surface area (Å²) >= 11 is 0. The highest BCUT2D eigenvalue weighted by molar-refractivity contribution is 5.92. The first-order chi connectivity index (χ1) is 10.1. The standard InChI is InChI=1S/C18H13FO2/c19-18(21)14(11-12-20)6-2-4-8-16-15-7-3-1-5-13(15)9-10-17(16)18/h1-12,21H/b6-2-,8-4-,14-11-. The summed E-state index contributed by atoms with van der Waals surface area (Å²) < 4.78 is 14.9. The number of carbonyl (C=O) groups is 1. The van der Waals surface area contributed by atoms with Gasteiger partial charge in [0.15, 0.2) is 0 Å². The Morgan fingerprint density at radius 2 is 1.81 bits per heavy atom. The fraction of sp³-hybridized carbons (Fsp3) is 0.0556. The molecule has 1 N–H and O–H groups in total. The van der Waals surface area contributed by atoms with Gasteiger partial charge in [0, 0.05) is 11.1 Å². The predicted molar refractivity (Wildman–Crippen MR) is 81.3 cm³/mol. The first-order valence-corrected chi connectivity index (χ1v) is 6.59. The number of allylic oxidation sites excluding steroid dienone is 3. The zero-order chi connectivity index (χ0) is 14.9. The molecule has 0 aromatic heterocycles. The van der Waals surface area contributed by atoms with Crippen LogP contribution >= 0.6 is 0 Å². The minimum atomic E-state index is -2.71. The van der Waals surface area contributed by atoms with Crippen LogP contribution in [0.15, 0.2) is 66.3 Å². The number of hydrogen-bond acceptors (Lipinski definition) is 2. The van der Waals surface area contributed by atoms with Crippen LogP contribution in [0.4, 0.5) is 4.39 Å². The van der Waals surface area contributed by atoms with E-state index >= 15 is 0 Å². The van der Waals surface area contributed by atoms with Crippen LogP contribution in [0, 0.1) is 0 Å². The van der Waals surface area contributed by atoms with Gasteiger partial charge in [0.1, 0.15) is 6.29 Å². The van der Waals surface area contributed by atoms with Crippen LogP contribution in [0.1, 0.15) is 11.1 Å². The second kappa shape index (κ2) is 5.11. The molecule has 0 radical (unpaired) electrons. The molecule has 21 heavy (non-hydrogen) atoms. The van der Waals surface area contributed by atoms with Crippen molar-refractivity contribution in [2.24, 2.45) is 0 Å². The highest BCUT2D eigenvalue weighted by Gasteiger charge is 2.35. The van der Waals surface area contributed by atoms with Crippen molar-refractivity contribution in [1.82, 2.24) is 0 Å². The fourth-order valence-electron chi connectivity index (χ4n) is 2.58. The maximum absolute atomic E-state index is 14.9. The van der Waals surface area contributed by atoms with Crippen molar-refractivity contribution in [3.05, 3.63) is 77.4 Å². The SMILES string of the molecule is O=C/C=C1/C=C\C=C/c2c(ccc3ccccc23)C1(O)F. The van der Waals surface area contributed by atoms with Crippen LogP contribution in [0.3, 0.4) is 0 Å². The minimum absolute atomic E-state index is 0.0848.